The molecule has 0 N–H and O–H groups in total. The lowest BCUT2D eigenvalue weighted by Crippen LogP contribution is -2.11. The highest BCUT2D eigenvalue weighted by molar-refractivity contribution is 5.95. The van der Waals surface area contributed by atoms with E-state index < -0.39 is 0 Å². The number of para-hydroxylation sites is 1. The molecule has 0 saturated heterocycles. The summed E-state index contributed by atoms with van der Waals surface area (Å²) in [5.74, 6) is 1.58. The van der Waals surface area contributed by atoms with Gasteiger partial charge in [0, 0.05) is 13.0 Å². The Morgan fingerprint density at radius 1 is 1.17 bits per heavy atom. The van der Waals surface area contributed by atoms with E-state index in [1.165, 1.54) is 0 Å². The van der Waals surface area contributed by atoms with Crippen LogP contribution in [0.15, 0.2) is 63.2 Å². The summed E-state index contributed by atoms with van der Waals surface area (Å²) in [6.45, 7) is 0.870. The lowest BCUT2D eigenvalue weighted by molar-refractivity contribution is 0.560. The standard InChI is InChI=1S/C14H13N3O/c1-2-5-12(6-3-1)17-9-8-14(16-17)15-11-13-7-4-10-18-13/h1-7,10-11H,8-9H2. The summed E-state index contributed by atoms with van der Waals surface area (Å²) in [7, 11) is 0. The van der Waals surface area contributed by atoms with Gasteiger partial charge >= 0.3 is 0 Å². The molecule has 2 aromatic rings. The topological polar surface area (TPSA) is 41.1 Å². The fraction of sp³-hybridized carbons (Fsp3) is 0.143. The van der Waals surface area contributed by atoms with Crippen LogP contribution in [0.3, 0.4) is 0 Å². The van der Waals surface area contributed by atoms with Gasteiger partial charge in [-0.1, -0.05) is 18.2 Å². The predicted molar refractivity (Wildman–Crippen MR) is 72.1 cm³/mol. The SMILES string of the molecule is C(=NC1=NN(c2ccccc2)CC1)c1ccco1. The van der Waals surface area contributed by atoms with E-state index in [0.29, 0.717) is 0 Å². The number of aliphatic imine (C=N–C) groups is 1. The van der Waals surface area contributed by atoms with Crippen LogP contribution in [-0.4, -0.2) is 18.6 Å². The van der Waals surface area contributed by atoms with Gasteiger partial charge in [-0.05, 0) is 24.3 Å². The Morgan fingerprint density at radius 2 is 2.06 bits per heavy atom. The van der Waals surface area contributed by atoms with Crippen LogP contribution in [0.25, 0.3) is 0 Å². The highest BCUT2D eigenvalue weighted by Gasteiger charge is 2.14. The minimum absolute atomic E-state index is 0.746. The first-order valence-electron chi connectivity index (χ1n) is 5.89. The molecule has 1 aliphatic rings. The van der Waals surface area contributed by atoms with Crippen LogP contribution in [0, 0.1) is 0 Å². The number of anilines is 1. The van der Waals surface area contributed by atoms with Crippen molar-refractivity contribution in [3.63, 3.8) is 0 Å². The van der Waals surface area contributed by atoms with Gasteiger partial charge in [0.2, 0.25) is 0 Å². The lowest BCUT2D eigenvalue weighted by Gasteiger charge is -2.11. The molecule has 3 rings (SSSR count). The van der Waals surface area contributed by atoms with E-state index in [1.54, 1.807) is 12.5 Å². The Balaban J connectivity index is 1.72. The Morgan fingerprint density at radius 3 is 2.83 bits per heavy atom. The summed E-state index contributed by atoms with van der Waals surface area (Å²) in [6, 6.07) is 13.8. The second-order valence-corrected chi connectivity index (χ2v) is 4.00. The highest BCUT2D eigenvalue weighted by Crippen LogP contribution is 2.18. The van der Waals surface area contributed by atoms with Crippen molar-refractivity contribution in [3.8, 4) is 0 Å². The Bertz CT molecular complexity index is 558. The van der Waals surface area contributed by atoms with Crippen LogP contribution in [-0.2, 0) is 0 Å². The monoisotopic (exact) mass is 239 g/mol. The number of hydrogen-bond donors (Lipinski definition) is 0. The number of rotatable bonds is 2. The average Bonchev–Trinajstić information content (AvgIpc) is 3.09. The zero-order valence-corrected chi connectivity index (χ0v) is 9.86. The molecule has 0 amide bonds. The first-order valence-corrected chi connectivity index (χ1v) is 5.89. The molecule has 0 unspecified atom stereocenters. The fourth-order valence-corrected chi connectivity index (χ4v) is 1.83. The van der Waals surface area contributed by atoms with Gasteiger partial charge in [0.25, 0.3) is 0 Å². The zero-order chi connectivity index (χ0) is 12.2. The largest absolute Gasteiger partial charge is 0.463 e. The maximum atomic E-state index is 5.19. The third kappa shape index (κ3) is 2.32. The van der Waals surface area contributed by atoms with Crippen molar-refractivity contribution in [3.05, 3.63) is 54.5 Å². The van der Waals surface area contributed by atoms with E-state index in [2.05, 4.69) is 10.1 Å². The van der Waals surface area contributed by atoms with Gasteiger partial charge in [0.1, 0.15) is 5.76 Å². The number of hydrogen-bond acceptors (Lipinski definition) is 4. The Kier molecular flexibility index (Phi) is 2.92. The molecule has 90 valence electrons. The zero-order valence-electron chi connectivity index (χ0n) is 9.86. The van der Waals surface area contributed by atoms with E-state index in [-0.39, 0.29) is 0 Å². The second-order valence-electron chi connectivity index (χ2n) is 4.00. The van der Waals surface area contributed by atoms with Crippen LogP contribution < -0.4 is 5.01 Å². The van der Waals surface area contributed by atoms with Crippen LogP contribution in [0.1, 0.15) is 12.2 Å². The molecule has 0 spiro atoms. The lowest BCUT2D eigenvalue weighted by atomic mass is 10.3. The van der Waals surface area contributed by atoms with Crippen molar-refractivity contribution in [2.75, 3.05) is 11.6 Å². The van der Waals surface area contributed by atoms with Crippen molar-refractivity contribution in [2.45, 2.75) is 6.42 Å². The normalized spacial score (nSPS) is 15.3. The minimum atomic E-state index is 0.746. The number of furan rings is 1. The summed E-state index contributed by atoms with van der Waals surface area (Å²) in [4.78, 5) is 4.33. The number of nitrogens with zero attached hydrogens (tertiary/aromatic N) is 3. The molecule has 0 fully saturated rings. The highest BCUT2D eigenvalue weighted by atomic mass is 16.3. The van der Waals surface area contributed by atoms with Crippen molar-refractivity contribution in [2.24, 2.45) is 10.1 Å². The molecule has 0 bridgehead atoms. The molecule has 1 aromatic heterocycles. The van der Waals surface area contributed by atoms with E-state index in [1.807, 2.05) is 47.5 Å². The molecule has 1 aliphatic heterocycles. The Hall–Kier alpha value is -2.36. The van der Waals surface area contributed by atoms with E-state index >= 15 is 0 Å². The number of benzene rings is 1. The van der Waals surface area contributed by atoms with E-state index in [0.717, 1.165) is 30.2 Å². The second kappa shape index (κ2) is 4.87. The van der Waals surface area contributed by atoms with Gasteiger partial charge in [-0.25, -0.2) is 4.99 Å². The van der Waals surface area contributed by atoms with Crippen molar-refractivity contribution in [1.82, 2.24) is 0 Å². The molecule has 0 radical (unpaired) electrons. The minimum Gasteiger partial charge on any atom is -0.463 e. The molecule has 1 aromatic carbocycles. The average molecular weight is 239 g/mol. The van der Waals surface area contributed by atoms with Crippen LogP contribution in [0.5, 0.6) is 0 Å². The first-order chi connectivity index (χ1) is 8.92. The third-order valence-electron chi connectivity index (χ3n) is 2.72. The molecule has 0 aliphatic carbocycles. The van der Waals surface area contributed by atoms with Crippen molar-refractivity contribution >= 4 is 17.7 Å². The van der Waals surface area contributed by atoms with Crippen molar-refractivity contribution < 1.29 is 4.42 Å². The summed E-state index contributed by atoms with van der Waals surface area (Å²) in [6.07, 6.45) is 4.19. The van der Waals surface area contributed by atoms with Gasteiger partial charge in [0.15, 0.2) is 5.84 Å². The molecule has 4 nitrogen and oxygen atoms in total. The van der Waals surface area contributed by atoms with Crippen molar-refractivity contribution in [1.29, 1.82) is 0 Å². The quantitative estimate of drug-likeness (QED) is 0.756. The first kappa shape index (κ1) is 10.8. The van der Waals surface area contributed by atoms with Crippen LogP contribution >= 0.6 is 0 Å². The fourth-order valence-electron chi connectivity index (χ4n) is 1.83. The summed E-state index contributed by atoms with van der Waals surface area (Å²) in [5.41, 5.74) is 1.10. The molecular weight excluding hydrogens is 226 g/mol. The van der Waals surface area contributed by atoms with E-state index in [4.69, 9.17) is 4.42 Å². The molecule has 2 heterocycles. The maximum Gasteiger partial charge on any atom is 0.150 e. The number of amidine groups is 1. The van der Waals surface area contributed by atoms with Gasteiger partial charge in [0.05, 0.1) is 18.2 Å². The van der Waals surface area contributed by atoms with Gasteiger partial charge in [-0.3, -0.25) is 5.01 Å². The molecule has 4 heteroatoms. The molecule has 0 atom stereocenters. The maximum absolute atomic E-state index is 5.19. The molecule has 18 heavy (non-hydrogen) atoms. The van der Waals surface area contributed by atoms with Crippen LogP contribution in [0.4, 0.5) is 5.69 Å². The Labute approximate surface area is 105 Å². The van der Waals surface area contributed by atoms with Crippen LogP contribution in [0.2, 0.25) is 0 Å². The van der Waals surface area contributed by atoms with Gasteiger partial charge < -0.3 is 4.42 Å². The summed E-state index contributed by atoms with van der Waals surface area (Å²) in [5, 5.41) is 6.44. The predicted octanol–water partition coefficient (Wildman–Crippen LogP) is 2.92. The summed E-state index contributed by atoms with van der Waals surface area (Å²) < 4.78 is 5.19. The van der Waals surface area contributed by atoms with E-state index in [9.17, 15) is 0 Å². The number of hydrazone groups is 1. The molecule has 0 saturated carbocycles. The van der Waals surface area contributed by atoms with Gasteiger partial charge in [-0.15, -0.1) is 0 Å². The smallest absolute Gasteiger partial charge is 0.150 e. The summed E-state index contributed by atoms with van der Waals surface area (Å²) >= 11 is 0. The molecular formula is C14H13N3O. The third-order valence-corrected chi connectivity index (χ3v) is 2.72. The van der Waals surface area contributed by atoms with Gasteiger partial charge in [-0.2, -0.15) is 5.10 Å².